The van der Waals surface area contributed by atoms with Gasteiger partial charge in [-0.2, -0.15) is 0 Å². The van der Waals surface area contributed by atoms with Crippen molar-refractivity contribution in [3.63, 3.8) is 0 Å². The lowest BCUT2D eigenvalue weighted by atomic mass is 9.54. The molecule has 3 aliphatic carbocycles. The highest BCUT2D eigenvalue weighted by molar-refractivity contribution is 6.36. The van der Waals surface area contributed by atoms with Gasteiger partial charge >= 0.3 is 5.97 Å². The molecule has 0 N–H and O–H groups in total. The second kappa shape index (κ2) is 8.52. The number of hydrogen-bond acceptors (Lipinski definition) is 5. The quantitative estimate of drug-likeness (QED) is 0.200. The predicted molar refractivity (Wildman–Crippen MR) is 141 cm³/mol. The van der Waals surface area contributed by atoms with E-state index in [1.165, 1.54) is 6.92 Å². The lowest BCUT2D eigenvalue weighted by molar-refractivity contribution is -0.157. The Balaban J connectivity index is 1.33. The van der Waals surface area contributed by atoms with Gasteiger partial charge in [0.25, 0.3) is 0 Å². The molecule has 1 saturated heterocycles. The molecule has 1 heterocycles. The largest absolute Gasteiger partial charge is 0.456 e. The van der Waals surface area contributed by atoms with Crippen LogP contribution in [0.4, 0.5) is 0 Å². The van der Waals surface area contributed by atoms with Crippen LogP contribution in [0.1, 0.15) is 45.1 Å². The maximum Gasteiger partial charge on any atom is 0.329 e. The molecule has 0 saturated carbocycles. The second-order valence-corrected chi connectivity index (χ2v) is 11.3. The number of imide groups is 1. The highest BCUT2D eigenvalue weighted by Gasteiger charge is 2.73. The maximum absolute atomic E-state index is 13.9. The van der Waals surface area contributed by atoms with Crippen molar-refractivity contribution in [3.8, 4) is 0 Å². The Morgan fingerprint density at radius 1 is 0.816 bits per heavy atom. The highest BCUT2D eigenvalue weighted by atomic mass is 35.5. The molecule has 2 amide bonds. The van der Waals surface area contributed by atoms with Gasteiger partial charge in [-0.25, -0.2) is 4.79 Å². The first-order chi connectivity index (χ1) is 18.1. The number of nitrogens with zero attached hydrogens (tertiary/aromatic N) is 1. The van der Waals surface area contributed by atoms with E-state index >= 15 is 0 Å². The molecule has 1 aliphatic heterocycles. The van der Waals surface area contributed by atoms with Gasteiger partial charge in [0.15, 0.2) is 12.4 Å². The number of ketones is 1. The topological polar surface area (TPSA) is 80.8 Å². The van der Waals surface area contributed by atoms with E-state index in [-0.39, 0.29) is 5.78 Å². The van der Waals surface area contributed by atoms with Crippen molar-refractivity contribution in [2.75, 3.05) is 6.61 Å². The van der Waals surface area contributed by atoms with Crippen LogP contribution in [0.25, 0.3) is 0 Å². The van der Waals surface area contributed by atoms with E-state index in [1.807, 2.05) is 55.5 Å². The zero-order chi connectivity index (χ0) is 27.0. The Morgan fingerprint density at radius 3 is 1.66 bits per heavy atom. The van der Waals surface area contributed by atoms with Gasteiger partial charge < -0.3 is 4.74 Å². The molecule has 4 aliphatic rings. The van der Waals surface area contributed by atoms with Crippen LogP contribution in [0.2, 0.25) is 0 Å². The number of alkyl halides is 2. The van der Waals surface area contributed by atoms with E-state index in [2.05, 4.69) is 0 Å². The fourth-order valence-corrected chi connectivity index (χ4v) is 7.35. The van der Waals surface area contributed by atoms with Crippen LogP contribution < -0.4 is 0 Å². The number of likely N-dealkylation sites (tertiary alicyclic amines) is 1. The maximum atomic E-state index is 13.9. The Labute approximate surface area is 229 Å². The molecular formula is C30H23Cl2NO5. The summed E-state index contributed by atoms with van der Waals surface area (Å²) in [6, 6.07) is 20.2. The molecule has 8 heteroatoms. The number of Topliss-reactive ketones (excluding diaryl/α,β-unsaturated/α-hetero) is 1. The van der Waals surface area contributed by atoms with Gasteiger partial charge in [-0.15, -0.1) is 23.2 Å². The summed E-state index contributed by atoms with van der Waals surface area (Å²) >= 11 is 14.8. The van der Waals surface area contributed by atoms with Crippen LogP contribution in [0.15, 0.2) is 72.8 Å². The molecule has 192 valence electrons. The molecule has 0 radical (unpaired) electrons. The minimum Gasteiger partial charge on any atom is -0.456 e. The third kappa shape index (κ3) is 3.13. The second-order valence-electron chi connectivity index (χ2n) is 10.1. The van der Waals surface area contributed by atoms with Crippen molar-refractivity contribution in [1.29, 1.82) is 0 Å². The summed E-state index contributed by atoms with van der Waals surface area (Å²) in [7, 11) is 0. The molecule has 0 unspecified atom stereocenters. The summed E-state index contributed by atoms with van der Waals surface area (Å²) < 4.78 is 5.26. The van der Waals surface area contributed by atoms with Gasteiger partial charge in [-0.1, -0.05) is 78.4 Å². The van der Waals surface area contributed by atoms with Gasteiger partial charge in [0.2, 0.25) is 11.8 Å². The number of rotatable bonds is 5. The minimum absolute atomic E-state index is 0.387. The van der Waals surface area contributed by atoms with Crippen molar-refractivity contribution in [2.24, 2.45) is 11.8 Å². The average molecular weight is 548 g/mol. The lowest BCUT2D eigenvalue weighted by Gasteiger charge is -2.54. The summed E-state index contributed by atoms with van der Waals surface area (Å²) in [6.45, 7) is 2.80. The third-order valence-corrected chi connectivity index (χ3v) is 9.35. The molecule has 6 nitrogen and oxygen atoms in total. The van der Waals surface area contributed by atoms with E-state index < -0.39 is 52.0 Å². The number of amides is 2. The van der Waals surface area contributed by atoms with Crippen LogP contribution in [-0.4, -0.2) is 41.1 Å². The number of benzene rings is 3. The SMILES string of the molecule is Cc1ccc(C(=O)COC(=O)[C@@H](C)N2C(=O)[C@@H]3[C@H](C2=O)C2(Cl)c4ccccc4C3(Cl)c3ccccc32)cc1. The summed E-state index contributed by atoms with van der Waals surface area (Å²) in [5.74, 6) is -4.44. The molecule has 0 spiro atoms. The normalized spacial score (nSPS) is 27.4. The zero-order valence-corrected chi connectivity index (χ0v) is 22.1. The van der Waals surface area contributed by atoms with Crippen molar-refractivity contribution in [3.05, 3.63) is 106 Å². The Hall–Kier alpha value is -3.48. The minimum atomic E-state index is -1.33. The number of carbonyl (C=O) groups is 4. The van der Waals surface area contributed by atoms with Gasteiger partial charge in [0.05, 0.1) is 11.8 Å². The number of esters is 1. The molecule has 2 bridgehead atoms. The lowest BCUT2D eigenvalue weighted by Crippen LogP contribution is -2.57. The first-order valence-electron chi connectivity index (χ1n) is 12.3. The van der Waals surface area contributed by atoms with Crippen molar-refractivity contribution >= 4 is 46.8 Å². The van der Waals surface area contributed by atoms with Gasteiger partial charge in [-0.3, -0.25) is 19.3 Å². The summed E-state index contributed by atoms with van der Waals surface area (Å²) in [4.78, 5) is 51.6. The van der Waals surface area contributed by atoms with Crippen LogP contribution >= 0.6 is 23.2 Å². The zero-order valence-electron chi connectivity index (χ0n) is 20.6. The first-order valence-corrected chi connectivity index (χ1v) is 13.1. The van der Waals surface area contributed by atoms with Crippen LogP contribution in [0.5, 0.6) is 0 Å². The fourth-order valence-electron chi connectivity index (χ4n) is 6.26. The molecule has 3 atom stereocenters. The van der Waals surface area contributed by atoms with Gasteiger partial charge in [-0.05, 0) is 36.1 Å². The van der Waals surface area contributed by atoms with Crippen LogP contribution in [-0.2, 0) is 28.9 Å². The first kappa shape index (κ1) is 24.8. The van der Waals surface area contributed by atoms with Crippen molar-refractivity contribution in [1.82, 2.24) is 4.90 Å². The molecule has 3 aromatic carbocycles. The van der Waals surface area contributed by atoms with Crippen LogP contribution in [0.3, 0.4) is 0 Å². The molecule has 7 rings (SSSR count). The number of aryl methyl sites for hydroxylation is 1. The molecular weight excluding hydrogens is 525 g/mol. The number of ether oxygens (including phenoxy) is 1. The van der Waals surface area contributed by atoms with Crippen molar-refractivity contribution in [2.45, 2.75) is 29.6 Å². The molecule has 38 heavy (non-hydrogen) atoms. The molecule has 3 aromatic rings. The Morgan fingerprint density at radius 2 is 1.24 bits per heavy atom. The highest BCUT2D eigenvalue weighted by Crippen LogP contribution is 2.69. The number of carbonyl (C=O) groups excluding carboxylic acids is 4. The standard InChI is InChI=1S/C30H23Cl2NO5/c1-16-11-13-18(14-12-16)23(34)15-38-28(37)17(2)33-26(35)24-25(27(33)36)30(32)20-8-4-3-7-19(20)29(24,31)21-9-5-6-10-22(21)30/h3-14,17,24-25H,15H2,1-2H3/t17-,24-,25+,29?,30?/m1/s1. The molecule has 0 aromatic heterocycles. The van der Waals surface area contributed by atoms with E-state index in [0.717, 1.165) is 10.5 Å². The molecule has 1 fully saturated rings. The van der Waals surface area contributed by atoms with E-state index in [0.29, 0.717) is 27.8 Å². The van der Waals surface area contributed by atoms with E-state index in [4.69, 9.17) is 27.9 Å². The Kier molecular flexibility index (Phi) is 5.57. The number of hydrogen-bond donors (Lipinski definition) is 0. The van der Waals surface area contributed by atoms with Crippen molar-refractivity contribution < 1.29 is 23.9 Å². The van der Waals surface area contributed by atoms with E-state index in [1.54, 1.807) is 24.3 Å². The average Bonchev–Trinajstić information content (AvgIpc) is 3.21. The van der Waals surface area contributed by atoms with Crippen LogP contribution in [0, 0.1) is 18.8 Å². The van der Waals surface area contributed by atoms with Gasteiger partial charge in [0.1, 0.15) is 15.8 Å². The van der Waals surface area contributed by atoms with Gasteiger partial charge in [0, 0.05) is 5.56 Å². The Bertz CT molecular complexity index is 1410. The predicted octanol–water partition coefficient (Wildman–Crippen LogP) is 4.70. The number of halogens is 2. The smallest absolute Gasteiger partial charge is 0.329 e. The summed E-state index contributed by atoms with van der Waals surface area (Å²) in [5.41, 5.74) is 4.11. The van der Waals surface area contributed by atoms with E-state index in [9.17, 15) is 19.2 Å². The monoisotopic (exact) mass is 547 g/mol. The summed E-state index contributed by atoms with van der Waals surface area (Å²) in [6.07, 6.45) is 0. The third-order valence-electron chi connectivity index (χ3n) is 8.07. The fraction of sp³-hybridized carbons (Fsp3) is 0.267. The summed E-state index contributed by atoms with van der Waals surface area (Å²) in [5, 5.41) is 0.